The van der Waals surface area contributed by atoms with Crippen LogP contribution in [-0.4, -0.2) is 43.8 Å². The Labute approximate surface area is 218 Å². The molecule has 0 unspecified atom stereocenters. The van der Waals surface area contributed by atoms with Crippen LogP contribution in [0.25, 0.3) is 0 Å². The zero-order valence-corrected chi connectivity index (χ0v) is 21.8. The zero-order valence-electron chi connectivity index (χ0n) is 21.0. The summed E-state index contributed by atoms with van der Waals surface area (Å²) in [5.41, 5.74) is 4.11. The molecule has 0 amide bonds. The van der Waals surface area contributed by atoms with Crippen molar-refractivity contribution in [3.63, 3.8) is 0 Å². The summed E-state index contributed by atoms with van der Waals surface area (Å²) < 4.78 is 61.0. The number of carboxylic acid groups (broad SMARTS) is 2. The average molecular weight is 553 g/mol. The molecule has 204 valence electrons. The van der Waals surface area contributed by atoms with E-state index in [2.05, 4.69) is 4.72 Å². The normalized spacial score (nSPS) is 11.2. The summed E-state index contributed by atoms with van der Waals surface area (Å²) in [5, 5.41) is 16.5. The first kappa shape index (κ1) is 30.2. The van der Waals surface area contributed by atoms with Gasteiger partial charge in [-0.15, -0.1) is 0 Å². The van der Waals surface area contributed by atoms with Crippen LogP contribution in [0.5, 0.6) is 0 Å². The number of hydrogen-bond donors (Lipinski definition) is 3. The van der Waals surface area contributed by atoms with Crippen molar-refractivity contribution in [3.05, 3.63) is 88.5 Å². The highest BCUT2D eigenvalue weighted by Crippen LogP contribution is 2.31. The van der Waals surface area contributed by atoms with Crippen molar-refractivity contribution < 1.29 is 41.4 Å². The van der Waals surface area contributed by atoms with Crippen molar-refractivity contribution in [1.82, 2.24) is 0 Å². The van der Waals surface area contributed by atoms with Gasteiger partial charge in [-0.3, -0.25) is 4.72 Å². The summed E-state index contributed by atoms with van der Waals surface area (Å²) in [6.45, 7) is 5.96. The molecule has 0 saturated carbocycles. The quantitative estimate of drug-likeness (QED) is 0.360. The van der Waals surface area contributed by atoms with Gasteiger partial charge in [-0.2, -0.15) is 13.2 Å². The molecule has 3 N–H and O–H groups in total. The van der Waals surface area contributed by atoms with Gasteiger partial charge in [0.25, 0.3) is 10.0 Å². The third-order valence-corrected chi connectivity index (χ3v) is 6.95. The molecule has 3 rings (SSSR count). The molecule has 12 heteroatoms. The standard InChI is InChI=1S/C24H26N2O4S.C2HF3O2/c1-16-12-17(2)23(18(3)13-16)31(29,30)25-21-14-20(24(27)28)10-11-22(21)26(4)15-19-8-6-5-7-9-19;3-2(4,5)1(6)7/h5-14,25H,15H2,1-4H3,(H,27,28);(H,6,7). The fourth-order valence-corrected chi connectivity index (χ4v) is 5.33. The maximum atomic E-state index is 13.3. The van der Waals surface area contributed by atoms with Crippen LogP contribution in [0.1, 0.15) is 32.6 Å². The van der Waals surface area contributed by atoms with Gasteiger partial charge in [-0.1, -0.05) is 48.0 Å². The number of benzene rings is 3. The SMILES string of the molecule is Cc1cc(C)c(S(=O)(=O)Nc2cc(C(=O)O)ccc2N(C)Cc2ccccc2)c(C)c1.O=C(O)C(F)(F)F. The van der Waals surface area contributed by atoms with Crippen LogP contribution in [0.15, 0.2) is 65.6 Å². The minimum atomic E-state index is -5.08. The Balaban J connectivity index is 0.000000638. The largest absolute Gasteiger partial charge is 0.490 e. The molecule has 3 aromatic rings. The van der Waals surface area contributed by atoms with E-state index in [4.69, 9.17) is 9.90 Å². The Morgan fingerprint density at radius 1 is 0.921 bits per heavy atom. The van der Waals surface area contributed by atoms with Gasteiger partial charge < -0.3 is 15.1 Å². The Hall–Kier alpha value is -4.06. The summed E-state index contributed by atoms with van der Waals surface area (Å²) in [4.78, 5) is 22.5. The molecule has 3 aromatic carbocycles. The molecular weight excluding hydrogens is 525 g/mol. The third-order valence-electron chi connectivity index (χ3n) is 5.28. The van der Waals surface area contributed by atoms with E-state index in [-0.39, 0.29) is 16.1 Å². The second-order valence-corrected chi connectivity index (χ2v) is 10.1. The number of aliphatic carboxylic acids is 1. The predicted octanol–water partition coefficient (Wildman–Crippen LogP) is 5.38. The van der Waals surface area contributed by atoms with Crippen LogP contribution in [0.2, 0.25) is 0 Å². The molecule has 0 spiro atoms. The number of rotatable bonds is 7. The highest BCUT2D eigenvalue weighted by Gasteiger charge is 2.38. The average Bonchev–Trinajstić information content (AvgIpc) is 2.78. The number of halogens is 3. The zero-order chi connectivity index (χ0) is 28.8. The summed E-state index contributed by atoms with van der Waals surface area (Å²) in [6, 6.07) is 17.8. The van der Waals surface area contributed by atoms with Crippen LogP contribution in [-0.2, 0) is 21.4 Å². The molecule has 0 fully saturated rings. The molecule has 8 nitrogen and oxygen atoms in total. The lowest BCUT2D eigenvalue weighted by Crippen LogP contribution is -2.21. The highest BCUT2D eigenvalue weighted by molar-refractivity contribution is 7.92. The second-order valence-electron chi connectivity index (χ2n) is 8.51. The summed E-state index contributed by atoms with van der Waals surface area (Å²) in [7, 11) is -2.10. The van der Waals surface area contributed by atoms with Crippen molar-refractivity contribution >= 4 is 33.3 Å². The summed E-state index contributed by atoms with van der Waals surface area (Å²) in [6.07, 6.45) is -5.08. The number of nitrogens with one attached hydrogen (secondary N) is 1. The van der Waals surface area contributed by atoms with Crippen LogP contribution >= 0.6 is 0 Å². The van der Waals surface area contributed by atoms with E-state index in [1.807, 2.05) is 61.3 Å². The molecule has 0 heterocycles. The molecule has 0 aliphatic heterocycles. The number of nitrogens with zero attached hydrogens (tertiary/aromatic N) is 1. The van der Waals surface area contributed by atoms with Crippen molar-refractivity contribution in [2.24, 2.45) is 0 Å². The van der Waals surface area contributed by atoms with Gasteiger partial charge in [-0.25, -0.2) is 18.0 Å². The van der Waals surface area contributed by atoms with E-state index in [0.717, 1.165) is 11.1 Å². The fraction of sp³-hybridized carbons (Fsp3) is 0.231. The van der Waals surface area contributed by atoms with Crippen molar-refractivity contribution in [3.8, 4) is 0 Å². The van der Waals surface area contributed by atoms with Crippen molar-refractivity contribution in [2.45, 2.75) is 38.4 Å². The van der Waals surface area contributed by atoms with E-state index in [1.165, 1.54) is 12.1 Å². The predicted molar refractivity (Wildman–Crippen MR) is 137 cm³/mol. The van der Waals surface area contributed by atoms with E-state index < -0.39 is 28.1 Å². The maximum absolute atomic E-state index is 13.3. The number of alkyl halides is 3. The molecular formula is C26H27F3N2O6S. The van der Waals surface area contributed by atoms with Gasteiger partial charge in [0.05, 0.1) is 21.8 Å². The molecule has 0 aliphatic carbocycles. The molecule has 38 heavy (non-hydrogen) atoms. The Bertz CT molecular complexity index is 1400. The smallest absolute Gasteiger partial charge is 0.478 e. The van der Waals surface area contributed by atoms with Gasteiger partial charge in [0.1, 0.15) is 0 Å². The van der Waals surface area contributed by atoms with Crippen molar-refractivity contribution in [2.75, 3.05) is 16.7 Å². The molecule has 0 saturated heterocycles. The number of hydrogen-bond acceptors (Lipinski definition) is 5. The number of carbonyl (C=O) groups is 2. The lowest BCUT2D eigenvalue weighted by molar-refractivity contribution is -0.192. The van der Waals surface area contributed by atoms with Crippen LogP contribution < -0.4 is 9.62 Å². The monoisotopic (exact) mass is 552 g/mol. The van der Waals surface area contributed by atoms with Gasteiger partial charge in [0, 0.05) is 13.6 Å². The summed E-state index contributed by atoms with van der Waals surface area (Å²) in [5.74, 6) is -3.88. The molecule has 0 atom stereocenters. The second kappa shape index (κ2) is 12.0. The molecule has 0 aliphatic rings. The van der Waals surface area contributed by atoms with Gasteiger partial charge >= 0.3 is 18.1 Å². The first-order valence-electron chi connectivity index (χ1n) is 11.1. The third kappa shape index (κ3) is 7.97. The summed E-state index contributed by atoms with van der Waals surface area (Å²) >= 11 is 0. The number of carboxylic acids is 2. The fourth-order valence-electron chi connectivity index (χ4n) is 3.81. The molecule has 0 bridgehead atoms. The topological polar surface area (TPSA) is 124 Å². The van der Waals surface area contributed by atoms with E-state index in [9.17, 15) is 31.5 Å². The lowest BCUT2D eigenvalue weighted by Gasteiger charge is -2.24. The van der Waals surface area contributed by atoms with Crippen LogP contribution in [0.4, 0.5) is 24.5 Å². The van der Waals surface area contributed by atoms with Gasteiger partial charge in [-0.05, 0) is 55.7 Å². The van der Waals surface area contributed by atoms with E-state index in [0.29, 0.717) is 23.4 Å². The number of aromatic carboxylic acids is 1. The first-order chi connectivity index (χ1) is 17.5. The maximum Gasteiger partial charge on any atom is 0.490 e. The number of aryl methyl sites for hydroxylation is 3. The Kier molecular flexibility index (Phi) is 9.52. The van der Waals surface area contributed by atoms with Crippen LogP contribution in [0, 0.1) is 20.8 Å². The highest BCUT2D eigenvalue weighted by atomic mass is 32.2. The lowest BCUT2D eigenvalue weighted by atomic mass is 10.1. The first-order valence-corrected chi connectivity index (χ1v) is 12.5. The minimum absolute atomic E-state index is 0.00640. The number of anilines is 2. The van der Waals surface area contributed by atoms with Gasteiger partial charge in [0.15, 0.2) is 0 Å². The minimum Gasteiger partial charge on any atom is -0.478 e. The van der Waals surface area contributed by atoms with Gasteiger partial charge in [0.2, 0.25) is 0 Å². The molecule has 0 aromatic heterocycles. The Morgan fingerprint density at radius 3 is 1.92 bits per heavy atom. The molecule has 0 radical (unpaired) electrons. The van der Waals surface area contributed by atoms with E-state index in [1.54, 1.807) is 19.9 Å². The van der Waals surface area contributed by atoms with Crippen LogP contribution in [0.3, 0.4) is 0 Å². The Morgan fingerprint density at radius 2 is 1.45 bits per heavy atom. The number of sulfonamides is 1. The van der Waals surface area contributed by atoms with E-state index >= 15 is 0 Å². The van der Waals surface area contributed by atoms with Crippen molar-refractivity contribution in [1.29, 1.82) is 0 Å².